The first kappa shape index (κ1) is 14.3. The van der Waals surface area contributed by atoms with E-state index in [1.807, 2.05) is 48.5 Å². The van der Waals surface area contributed by atoms with E-state index in [4.69, 9.17) is 4.42 Å². The van der Waals surface area contributed by atoms with Crippen molar-refractivity contribution in [2.75, 3.05) is 0 Å². The molecule has 0 aliphatic rings. The van der Waals surface area contributed by atoms with Crippen molar-refractivity contribution < 1.29 is 14.3 Å². The summed E-state index contributed by atoms with van der Waals surface area (Å²) in [5.74, 6) is 0.280. The molecule has 0 saturated carbocycles. The van der Waals surface area contributed by atoms with Gasteiger partial charge in [-0.05, 0) is 40.6 Å². The van der Waals surface area contributed by atoms with E-state index >= 15 is 0 Å². The first-order valence-electron chi connectivity index (χ1n) is 7.68. The first-order chi connectivity index (χ1) is 11.7. The molecule has 0 saturated heterocycles. The third-order valence-corrected chi connectivity index (χ3v) is 4.04. The minimum absolute atomic E-state index is 0.228. The number of hydrogen-bond donors (Lipinski definition) is 2. The number of benzene rings is 3. The van der Waals surface area contributed by atoms with Crippen LogP contribution in [-0.2, 0) is 6.54 Å². The van der Waals surface area contributed by atoms with Crippen molar-refractivity contribution in [3.05, 3.63) is 78.1 Å². The Morgan fingerprint density at radius 2 is 1.79 bits per heavy atom. The summed E-state index contributed by atoms with van der Waals surface area (Å²) in [4.78, 5) is 12.3. The van der Waals surface area contributed by atoms with Gasteiger partial charge in [-0.15, -0.1) is 0 Å². The molecular weight excluding hydrogens is 302 g/mol. The standard InChI is InChI=1S/C20H15NO3/c22-16-8-9-17-13(10-16)5-3-6-15(17)12-21-20(23)19-11-14-4-1-2-7-18(14)24-19/h1-11,22H,12H2,(H,21,23). The van der Waals surface area contributed by atoms with Crippen molar-refractivity contribution in [3.8, 4) is 5.75 Å². The van der Waals surface area contributed by atoms with Crippen LogP contribution in [0.5, 0.6) is 5.75 Å². The van der Waals surface area contributed by atoms with Crippen molar-refractivity contribution in [3.63, 3.8) is 0 Å². The molecule has 0 radical (unpaired) electrons. The molecule has 0 spiro atoms. The second-order valence-electron chi connectivity index (χ2n) is 5.65. The van der Waals surface area contributed by atoms with Gasteiger partial charge in [0.2, 0.25) is 0 Å². The Bertz CT molecular complexity index is 1020. The number of carbonyl (C=O) groups excluding carboxylic acids is 1. The maximum atomic E-state index is 12.3. The summed E-state index contributed by atoms with van der Waals surface area (Å²) in [7, 11) is 0. The minimum atomic E-state index is -0.248. The summed E-state index contributed by atoms with van der Waals surface area (Å²) >= 11 is 0. The number of amides is 1. The van der Waals surface area contributed by atoms with Gasteiger partial charge in [0, 0.05) is 11.9 Å². The number of phenolic OH excluding ortho intramolecular Hbond substituents is 1. The normalized spacial score (nSPS) is 11.0. The molecule has 24 heavy (non-hydrogen) atoms. The Hall–Kier alpha value is -3.27. The Balaban J connectivity index is 1.57. The van der Waals surface area contributed by atoms with Gasteiger partial charge in [-0.3, -0.25) is 4.79 Å². The Morgan fingerprint density at radius 1 is 0.958 bits per heavy atom. The zero-order chi connectivity index (χ0) is 16.5. The van der Waals surface area contributed by atoms with Gasteiger partial charge in [0.15, 0.2) is 5.76 Å². The first-order valence-corrected chi connectivity index (χ1v) is 7.68. The smallest absolute Gasteiger partial charge is 0.287 e. The number of nitrogens with one attached hydrogen (secondary N) is 1. The largest absolute Gasteiger partial charge is 0.508 e. The lowest BCUT2D eigenvalue weighted by Crippen LogP contribution is -2.22. The van der Waals surface area contributed by atoms with E-state index in [1.165, 1.54) is 0 Å². The topological polar surface area (TPSA) is 62.5 Å². The van der Waals surface area contributed by atoms with Crippen LogP contribution in [0.4, 0.5) is 0 Å². The monoisotopic (exact) mass is 317 g/mol. The maximum Gasteiger partial charge on any atom is 0.287 e. The van der Waals surface area contributed by atoms with Crippen molar-refractivity contribution in [1.82, 2.24) is 5.32 Å². The maximum absolute atomic E-state index is 12.3. The van der Waals surface area contributed by atoms with Gasteiger partial charge in [-0.1, -0.05) is 42.5 Å². The molecule has 1 heterocycles. The number of rotatable bonds is 3. The lowest BCUT2D eigenvalue weighted by atomic mass is 10.0. The molecule has 0 fully saturated rings. The van der Waals surface area contributed by atoms with Gasteiger partial charge in [0.1, 0.15) is 11.3 Å². The van der Waals surface area contributed by atoms with Crippen LogP contribution >= 0.6 is 0 Å². The number of hydrogen-bond acceptors (Lipinski definition) is 3. The molecule has 4 rings (SSSR count). The number of aromatic hydroxyl groups is 1. The Kier molecular flexibility index (Phi) is 3.43. The van der Waals surface area contributed by atoms with Gasteiger partial charge in [-0.25, -0.2) is 0 Å². The lowest BCUT2D eigenvalue weighted by molar-refractivity contribution is 0.0925. The number of carbonyl (C=O) groups is 1. The molecule has 1 aromatic heterocycles. The summed E-state index contributed by atoms with van der Waals surface area (Å²) in [5, 5.41) is 15.3. The lowest BCUT2D eigenvalue weighted by Gasteiger charge is -2.08. The minimum Gasteiger partial charge on any atom is -0.508 e. The Labute approximate surface area is 138 Å². The summed E-state index contributed by atoms with van der Waals surface area (Å²) in [6.45, 7) is 0.387. The molecule has 1 amide bonds. The predicted molar refractivity (Wildman–Crippen MR) is 93.0 cm³/mol. The van der Waals surface area contributed by atoms with Crippen LogP contribution in [0.2, 0.25) is 0 Å². The number of fused-ring (bicyclic) bond motifs is 2. The molecule has 3 aromatic carbocycles. The van der Waals surface area contributed by atoms with Crippen molar-refractivity contribution >= 4 is 27.6 Å². The summed E-state index contributed by atoms with van der Waals surface area (Å²) < 4.78 is 5.58. The molecule has 2 N–H and O–H groups in total. The third-order valence-electron chi connectivity index (χ3n) is 4.04. The van der Waals surface area contributed by atoms with Crippen LogP contribution in [0.25, 0.3) is 21.7 Å². The molecule has 4 aromatic rings. The van der Waals surface area contributed by atoms with Crippen LogP contribution in [0.15, 0.2) is 71.1 Å². The van der Waals surface area contributed by atoms with Crippen LogP contribution < -0.4 is 5.32 Å². The highest BCUT2D eigenvalue weighted by Crippen LogP contribution is 2.23. The van der Waals surface area contributed by atoms with E-state index in [1.54, 1.807) is 18.2 Å². The van der Waals surface area contributed by atoms with E-state index in [0.717, 1.165) is 21.7 Å². The van der Waals surface area contributed by atoms with Crippen molar-refractivity contribution in [2.45, 2.75) is 6.54 Å². The van der Waals surface area contributed by atoms with E-state index in [-0.39, 0.29) is 11.7 Å². The number of phenols is 1. The van der Waals surface area contributed by atoms with Gasteiger partial charge in [0.25, 0.3) is 5.91 Å². The molecule has 0 aliphatic carbocycles. The molecule has 0 unspecified atom stereocenters. The zero-order valence-corrected chi connectivity index (χ0v) is 12.8. The van der Waals surface area contributed by atoms with Gasteiger partial charge in [0.05, 0.1) is 0 Å². The van der Waals surface area contributed by atoms with E-state index in [2.05, 4.69) is 5.32 Å². The highest BCUT2D eigenvalue weighted by atomic mass is 16.3. The summed E-state index contributed by atoms with van der Waals surface area (Å²) in [6, 6.07) is 20.3. The second-order valence-corrected chi connectivity index (χ2v) is 5.65. The molecule has 4 nitrogen and oxygen atoms in total. The van der Waals surface area contributed by atoms with Crippen LogP contribution in [0, 0.1) is 0 Å². The molecule has 4 heteroatoms. The van der Waals surface area contributed by atoms with Gasteiger partial charge < -0.3 is 14.8 Å². The summed E-state index contributed by atoms with van der Waals surface area (Å²) in [6.07, 6.45) is 0. The third kappa shape index (κ3) is 2.58. The number of furan rings is 1. The fourth-order valence-electron chi connectivity index (χ4n) is 2.85. The highest BCUT2D eigenvalue weighted by molar-refractivity contribution is 5.96. The average molecular weight is 317 g/mol. The molecule has 118 valence electrons. The van der Waals surface area contributed by atoms with Crippen LogP contribution in [0.3, 0.4) is 0 Å². The molecule has 0 aliphatic heterocycles. The fourth-order valence-corrected chi connectivity index (χ4v) is 2.85. The fraction of sp³-hybridized carbons (Fsp3) is 0.0500. The molecule has 0 atom stereocenters. The van der Waals surface area contributed by atoms with Crippen molar-refractivity contribution in [1.29, 1.82) is 0 Å². The zero-order valence-electron chi connectivity index (χ0n) is 12.8. The van der Waals surface area contributed by atoms with E-state index in [0.29, 0.717) is 17.9 Å². The SMILES string of the molecule is O=C(NCc1cccc2cc(O)ccc12)c1cc2ccccc2o1. The number of para-hydroxylation sites is 1. The highest BCUT2D eigenvalue weighted by Gasteiger charge is 2.12. The van der Waals surface area contributed by atoms with Crippen LogP contribution in [-0.4, -0.2) is 11.0 Å². The van der Waals surface area contributed by atoms with E-state index < -0.39 is 0 Å². The Morgan fingerprint density at radius 3 is 2.67 bits per heavy atom. The molecular formula is C20H15NO3. The summed E-state index contributed by atoms with van der Waals surface area (Å²) in [5.41, 5.74) is 1.68. The quantitative estimate of drug-likeness (QED) is 0.594. The average Bonchev–Trinajstić information content (AvgIpc) is 3.03. The molecule has 0 bridgehead atoms. The van der Waals surface area contributed by atoms with Crippen molar-refractivity contribution in [2.24, 2.45) is 0 Å². The van der Waals surface area contributed by atoms with Gasteiger partial charge >= 0.3 is 0 Å². The second kappa shape index (κ2) is 5.74. The van der Waals surface area contributed by atoms with Gasteiger partial charge in [-0.2, -0.15) is 0 Å². The van der Waals surface area contributed by atoms with Crippen LogP contribution in [0.1, 0.15) is 16.1 Å². The van der Waals surface area contributed by atoms with E-state index in [9.17, 15) is 9.90 Å². The predicted octanol–water partition coefficient (Wildman–Crippen LogP) is 4.22.